The highest BCUT2D eigenvalue weighted by Gasteiger charge is 2.45. The number of thiocarbonyl (C=S) groups is 1. The summed E-state index contributed by atoms with van der Waals surface area (Å²) < 4.78 is 3.26. The molecular weight excluding hydrogens is 472 g/mol. The van der Waals surface area contributed by atoms with Crippen molar-refractivity contribution in [2.45, 2.75) is 13.8 Å². The van der Waals surface area contributed by atoms with Crippen LogP contribution >= 0.6 is 24.0 Å². The molecule has 1 aromatic heterocycles. The molecule has 0 N–H and O–H groups in total. The minimum absolute atomic E-state index is 0.0973. The summed E-state index contributed by atoms with van der Waals surface area (Å²) in [5.41, 5.74) is 1.92. The molecule has 1 fully saturated rings. The van der Waals surface area contributed by atoms with E-state index in [-0.39, 0.29) is 20.5 Å². The number of benzene rings is 2. The van der Waals surface area contributed by atoms with Crippen molar-refractivity contribution in [1.82, 2.24) is 9.36 Å². The lowest BCUT2D eigenvalue weighted by atomic mass is 10.1. The van der Waals surface area contributed by atoms with Crippen molar-refractivity contribution >= 4 is 63.0 Å². The molecule has 3 heterocycles. The lowest BCUT2D eigenvalue weighted by molar-refractivity contribution is -0.122. The van der Waals surface area contributed by atoms with Gasteiger partial charge in [-0.15, -0.1) is 0 Å². The Morgan fingerprint density at radius 2 is 1.59 bits per heavy atom. The first-order chi connectivity index (χ1) is 16.2. The molecule has 2 aliphatic heterocycles. The smallest absolute Gasteiger partial charge is 0.283 e. The van der Waals surface area contributed by atoms with E-state index in [2.05, 4.69) is 0 Å². The highest BCUT2D eigenvalue weighted by molar-refractivity contribution is 8.27. The summed E-state index contributed by atoms with van der Waals surface area (Å²) in [7, 11) is 1.73. The van der Waals surface area contributed by atoms with E-state index in [9.17, 15) is 19.2 Å². The average Bonchev–Trinajstić information content (AvgIpc) is 3.34. The monoisotopic (exact) mass is 490 g/mol. The molecule has 0 spiro atoms. The Balaban J connectivity index is 1.67. The molecule has 10 heteroatoms. The Morgan fingerprint density at radius 1 is 0.941 bits per heavy atom. The van der Waals surface area contributed by atoms with Crippen molar-refractivity contribution in [2.24, 2.45) is 7.05 Å². The van der Waals surface area contributed by atoms with E-state index in [0.717, 1.165) is 16.7 Å². The summed E-state index contributed by atoms with van der Waals surface area (Å²) in [5.74, 6) is -1.60. The summed E-state index contributed by atoms with van der Waals surface area (Å²) in [6.07, 6.45) is 0. The first-order valence-electron chi connectivity index (χ1n) is 10.3. The maximum Gasteiger partial charge on any atom is 0.296 e. The number of para-hydroxylation sites is 2. The molecule has 3 aromatic rings. The fourth-order valence-corrected chi connectivity index (χ4v) is 5.61. The normalized spacial score (nSPS) is 17.7. The third-order valence-electron chi connectivity index (χ3n) is 5.89. The van der Waals surface area contributed by atoms with Crippen LogP contribution in [-0.4, -0.2) is 31.4 Å². The van der Waals surface area contributed by atoms with Crippen LogP contribution in [0.25, 0.3) is 11.3 Å². The number of thioether (sulfide) groups is 1. The van der Waals surface area contributed by atoms with Crippen molar-refractivity contribution in [1.29, 1.82) is 0 Å². The lowest BCUT2D eigenvalue weighted by Crippen LogP contribution is -2.34. The Kier molecular flexibility index (Phi) is 5.14. The van der Waals surface area contributed by atoms with Crippen molar-refractivity contribution in [3.05, 3.63) is 81.1 Å². The van der Waals surface area contributed by atoms with Gasteiger partial charge in [0.05, 0.1) is 27.5 Å². The summed E-state index contributed by atoms with van der Waals surface area (Å²) >= 11 is 6.46. The summed E-state index contributed by atoms with van der Waals surface area (Å²) in [4.78, 5) is 54.8. The Labute approximate surface area is 204 Å². The van der Waals surface area contributed by atoms with Crippen LogP contribution in [-0.2, 0) is 21.4 Å². The number of carbonyl (C=O) groups excluding carboxylic acids is 3. The molecule has 5 rings (SSSR count). The van der Waals surface area contributed by atoms with E-state index in [1.165, 1.54) is 16.5 Å². The van der Waals surface area contributed by atoms with Gasteiger partial charge in [0.1, 0.15) is 5.69 Å². The van der Waals surface area contributed by atoms with Crippen LogP contribution in [0, 0.1) is 6.92 Å². The second-order valence-electron chi connectivity index (χ2n) is 7.80. The van der Waals surface area contributed by atoms with Gasteiger partial charge in [0.15, 0.2) is 4.32 Å². The van der Waals surface area contributed by atoms with Crippen LogP contribution < -0.4 is 15.4 Å². The van der Waals surface area contributed by atoms with Gasteiger partial charge in [-0.3, -0.25) is 28.8 Å². The number of fused-ring (bicyclic) bond motifs is 1. The standard InChI is InChI=1S/C24H18N4O4S2/c1-13-19(22(31)28(25(13)3)15-9-5-4-6-10-15)27-23(32)20(34-24(27)33)18-16-11-7-8-12-17(16)26(14(2)29)21(18)30/h4-12H,1-3H3/b20-18+. The molecule has 0 bridgehead atoms. The highest BCUT2D eigenvalue weighted by Crippen LogP contribution is 2.45. The third-order valence-corrected chi connectivity index (χ3v) is 7.26. The van der Waals surface area contributed by atoms with Crippen LogP contribution in [0.3, 0.4) is 0 Å². The quantitative estimate of drug-likeness (QED) is 0.405. The number of hydrogen-bond acceptors (Lipinski definition) is 6. The van der Waals surface area contributed by atoms with Crippen molar-refractivity contribution in [3.63, 3.8) is 0 Å². The van der Waals surface area contributed by atoms with Crippen molar-refractivity contribution in [3.8, 4) is 5.69 Å². The van der Waals surface area contributed by atoms with Gasteiger partial charge >= 0.3 is 0 Å². The van der Waals surface area contributed by atoms with Gasteiger partial charge in [0.25, 0.3) is 17.4 Å². The molecule has 0 radical (unpaired) electrons. The van der Waals surface area contributed by atoms with Gasteiger partial charge in [-0.25, -0.2) is 9.58 Å². The largest absolute Gasteiger partial charge is 0.296 e. The number of amides is 3. The van der Waals surface area contributed by atoms with E-state index in [0.29, 0.717) is 22.6 Å². The van der Waals surface area contributed by atoms with Gasteiger partial charge in [-0.1, -0.05) is 60.4 Å². The fraction of sp³-hybridized carbons (Fsp3) is 0.125. The molecule has 1 saturated heterocycles. The second kappa shape index (κ2) is 7.93. The van der Waals surface area contributed by atoms with E-state index >= 15 is 0 Å². The number of aromatic nitrogens is 2. The van der Waals surface area contributed by atoms with E-state index in [1.807, 2.05) is 18.2 Å². The Hall–Kier alpha value is -3.76. The Bertz CT molecular complexity index is 1520. The minimum Gasteiger partial charge on any atom is -0.283 e. The molecule has 34 heavy (non-hydrogen) atoms. The van der Waals surface area contributed by atoms with Gasteiger partial charge in [0.2, 0.25) is 5.91 Å². The molecular formula is C24H18N4O4S2. The molecule has 0 unspecified atom stereocenters. The SMILES string of the molecule is CC(=O)N1C(=O)/C(=C2/SC(=S)N(c3c(C)n(C)n(-c4ccccc4)c3=O)C2=O)c2ccccc21. The molecule has 170 valence electrons. The van der Waals surface area contributed by atoms with Crippen molar-refractivity contribution in [2.75, 3.05) is 9.80 Å². The summed E-state index contributed by atoms with van der Waals surface area (Å²) in [6.45, 7) is 3.03. The predicted octanol–water partition coefficient (Wildman–Crippen LogP) is 3.15. The van der Waals surface area contributed by atoms with Crippen molar-refractivity contribution < 1.29 is 14.4 Å². The zero-order valence-electron chi connectivity index (χ0n) is 18.4. The minimum atomic E-state index is -0.583. The number of nitrogens with zero attached hydrogens (tertiary/aromatic N) is 4. The van der Waals surface area contributed by atoms with Gasteiger partial charge in [-0.2, -0.15) is 0 Å². The molecule has 0 aliphatic carbocycles. The second-order valence-corrected chi connectivity index (χ2v) is 9.44. The first-order valence-corrected chi connectivity index (χ1v) is 11.6. The number of rotatable bonds is 2. The van der Waals surface area contributed by atoms with E-state index in [4.69, 9.17) is 12.2 Å². The van der Waals surface area contributed by atoms with Crippen LogP contribution in [0.2, 0.25) is 0 Å². The number of anilines is 2. The number of imide groups is 1. The maximum absolute atomic E-state index is 13.6. The molecule has 2 aliphatic rings. The predicted molar refractivity (Wildman–Crippen MR) is 135 cm³/mol. The molecule has 0 saturated carbocycles. The van der Waals surface area contributed by atoms with Crippen LogP contribution in [0.1, 0.15) is 18.2 Å². The Morgan fingerprint density at radius 3 is 2.26 bits per heavy atom. The van der Waals surface area contributed by atoms with E-state index in [1.54, 1.807) is 55.1 Å². The molecule has 2 aromatic carbocycles. The number of carbonyl (C=O) groups is 3. The topological polar surface area (TPSA) is 84.6 Å². The zero-order chi connectivity index (χ0) is 24.3. The zero-order valence-corrected chi connectivity index (χ0v) is 20.1. The third kappa shape index (κ3) is 3.02. The fourth-order valence-electron chi connectivity index (χ4n) is 4.27. The summed E-state index contributed by atoms with van der Waals surface area (Å²) in [6, 6.07) is 15.9. The summed E-state index contributed by atoms with van der Waals surface area (Å²) in [5, 5.41) is 0. The average molecular weight is 491 g/mol. The molecule has 8 nitrogen and oxygen atoms in total. The lowest BCUT2D eigenvalue weighted by Gasteiger charge is -2.13. The first kappa shape index (κ1) is 22.1. The molecule has 0 atom stereocenters. The van der Waals surface area contributed by atoms with Gasteiger partial charge < -0.3 is 0 Å². The highest BCUT2D eigenvalue weighted by atomic mass is 32.2. The van der Waals surface area contributed by atoms with Gasteiger partial charge in [0, 0.05) is 19.5 Å². The van der Waals surface area contributed by atoms with Crippen LogP contribution in [0.4, 0.5) is 11.4 Å². The maximum atomic E-state index is 13.6. The number of hydrogen-bond donors (Lipinski definition) is 0. The molecule has 3 amide bonds. The van der Waals surface area contributed by atoms with E-state index < -0.39 is 23.3 Å². The van der Waals surface area contributed by atoms with Gasteiger partial charge in [-0.05, 0) is 25.1 Å². The van der Waals surface area contributed by atoms with Crippen LogP contribution in [0.15, 0.2) is 64.3 Å². The van der Waals surface area contributed by atoms with Crippen LogP contribution in [0.5, 0.6) is 0 Å².